The fourth-order valence-corrected chi connectivity index (χ4v) is 5.95. The van der Waals surface area contributed by atoms with E-state index in [-0.39, 0.29) is 41.0 Å². The standard InChI is InChI=1S/C30H34F3N9O5/c1-3-4-24(43)35-12-25(44)40-7-5-39(6-8-40)13-19-9-22-27(41-15-29(16-41)17-47-18-29)37-26(38-42(22)14-19)20-11-34-23(36-28(45)46-2)10-21(20)30(31,32)33/h3-4,9-11,14H,5-8,12-13,15-18H2,1-2H3,(H,35,43)(H,34,36,45)/b4-3-. The molecule has 17 heteroatoms. The number of amides is 3. The molecular formula is C30H34F3N9O5. The van der Waals surface area contributed by atoms with Gasteiger partial charge >= 0.3 is 12.3 Å². The van der Waals surface area contributed by atoms with Crippen LogP contribution in [0.2, 0.25) is 0 Å². The van der Waals surface area contributed by atoms with E-state index in [2.05, 4.69) is 35.3 Å². The third-order valence-corrected chi connectivity index (χ3v) is 8.40. The summed E-state index contributed by atoms with van der Waals surface area (Å²) in [5.41, 5.74) is 0.151. The predicted octanol–water partition coefficient (Wildman–Crippen LogP) is 2.16. The summed E-state index contributed by atoms with van der Waals surface area (Å²) in [6.45, 7) is 6.91. The number of nitrogens with zero attached hydrogens (tertiary/aromatic N) is 7. The lowest BCUT2D eigenvalue weighted by atomic mass is 9.78. The van der Waals surface area contributed by atoms with Crippen molar-refractivity contribution in [2.45, 2.75) is 19.6 Å². The van der Waals surface area contributed by atoms with Crippen molar-refractivity contribution in [2.24, 2.45) is 5.41 Å². The lowest BCUT2D eigenvalue weighted by Crippen LogP contribution is -2.66. The molecule has 0 aliphatic carbocycles. The van der Waals surface area contributed by atoms with Crippen LogP contribution in [-0.4, -0.2) is 113 Å². The van der Waals surface area contributed by atoms with Crippen LogP contribution >= 0.6 is 0 Å². The number of fused-ring (bicyclic) bond motifs is 1. The lowest BCUT2D eigenvalue weighted by Gasteiger charge is -2.55. The molecule has 3 aromatic rings. The van der Waals surface area contributed by atoms with Crippen LogP contribution in [0.5, 0.6) is 0 Å². The molecule has 250 valence electrons. The number of alkyl halides is 3. The Morgan fingerprint density at radius 1 is 1.13 bits per heavy atom. The Labute approximate surface area is 267 Å². The summed E-state index contributed by atoms with van der Waals surface area (Å²) in [7, 11) is 1.09. The maximum Gasteiger partial charge on any atom is 0.417 e. The van der Waals surface area contributed by atoms with Crippen LogP contribution in [0.25, 0.3) is 16.9 Å². The Bertz CT molecular complexity index is 1710. The highest BCUT2D eigenvalue weighted by Crippen LogP contribution is 2.42. The molecule has 0 atom stereocenters. The number of methoxy groups -OCH3 is 1. The minimum absolute atomic E-state index is 0.0179. The molecule has 3 aliphatic rings. The maximum absolute atomic E-state index is 14.3. The van der Waals surface area contributed by atoms with Crippen LogP contribution in [0.3, 0.4) is 0 Å². The van der Waals surface area contributed by atoms with Gasteiger partial charge in [-0.2, -0.15) is 13.2 Å². The summed E-state index contributed by atoms with van der Waals surface area (Å²) in [5.74, 6) is -0.473. The van der Waals surface area contributed by atoms with E-state index >= 15 is 0 Å². The van der Waals surface area contributed by atoms with E-state index in [0.29, 0.717) is 70.4 Å². The van der Waals surface area contributed by atoms with Crippen LogP contribution < -0.4 is 15.5 Å². The van der Waals surface area contributed by atoms with Crippen LogP contribution in [0.15, 0.2) is 36.7 Å². The Kier molecular flexibility index (Phi) is 8.76. The van der Waals surface area contributed by atoms with Gasteiger partial charge in [0.05, 0.1) is 43.4 Å². The number of piperazine rings is 1. The van der Waals surface area contributed by atoms with Gasteiger partial charge in [-0.3, -0.25) is 19.8 Å². The van der Waals surface area contributed by atoms with Gasteiger partial charge < -0.3 is 24.6 Å². The number of pyridine rings is 1. The fourth-order valence-electron chi connectivity index (χ4n) is 5.95. The number of nitrogens with one attached hydrogen (secondary N) is 2. The van der Waals surface area contributed by atoms with Crippen molar-refractivity contribution in [1.82, 2.24) is 34.7 Å². The topological polar surface area (TPSA) is 147 Å². The highest BCUT2D eigenvalue weighted by Gasteiger charge is 2.50. The van der Waals surface area contributed by atoms with Crippen LogP contribution in [0.4, 0.5) is 29.6 Å². The minimum Gasteiger partial charge on any atom is -0.453 e. The van der Waals surface area contributed by atoms with Crippen LogP contribution in [0, 0.1) is 5.41 Å². The molecule has 3 saturated heterocycles. The quantitative estimate of drug-likeness (QED) is 0.346. The molecule has 6 rings (SSSR count). The highest BCUT2D eigenvalue weighted by molar-refractivity contribution is 5.91. The number of carbonyl (C=O) groups is 3. The number of rotatable bonds is 8. The minimum atomic E-state index is -4.79. The molecule has 3 aromatic heterocycles. The number of carbonyl (C=O) groups excluding carboxylic acids is 3. The molecule has 47 heavy (non-hydrogen) atoms. The SMILES string of the molecule is C/C=C\C(=O)NCC(=O)N1CCN(Cc2cc3c(N4CC5(COC5)C4)nc(-c4cnc(NC(=O)OC)cc4C(F)(F)F)nn3c2)CC1. The van der Waals surface area contributed by atoms with E-state index in [1.54, 1.807) is 28.6 Å². The Morgan fingerprint density at radius 2 is 1.87 bits per heavy atom. The molecule has 6 heterocycles. The van der Waals surface area contributed by atoms with Gasteiger partial charge in [0.1, 0.15) is 11.3 Å². The lowest BCUT2D eigenvalue weighted by molar-refractivity contribution is -0.137. The molecular weight excluding hydrogens is 623 g/mol. The van der Waals surface area contributed by atoms with Gasteiger partial charge in [0.25, 0.3) is 0 Å². The smallest absolute Gasteiger partial charge is 0.417 e. The predicted molar refractivity (Wildman–Crippen MR) is 162 cm³/mol. The number of hydrogen-bond donors (Lipinski definition) is 2. The Balaban J connectivity index is 1.24. The molecule has 3 fully saturated rings. The maximum atomic E-state index is 14.3. The Hall–Kier alpha value is -4.77. The van der Waals surface area contributed by atoms with Crippen molar-refractivity contribution in [1.29, 1.82) is 0 Å². The number of aromatic nitrogens is 4. The van der Waals surface area contributed by atoms with Crippen molar-refractivity contribution >= 4 is 35.1 Å². The number of halogens is 3. The highest BCUT2D eigenvalue weighted by atomic mass is 19.4. The van der Waals surface area contributed by atoms with E-state index in [4.69, 9.17) is 4.74 Å². The van der Waals surface area contributed by atoms with Crippen molar-refractivity contribution in [3.05, 3.63) is 47.8 Å². The number of anilines is 2. The largest absolute Gasteiger partial charge is 0.453 e. The molecule has 3 aliphatic heterocycles. The van der Waals surface area contributed by atoms with E-state index in [0.717, 1.165) is 24.9 Å². The summed E-state index contributed by atoms with van der Waals surface area (Å²) in [6, 6.07) is 2.66. The zero-order chi connectivity index (χ0) is 33.3. The second-order valence-corrected chi connectivity index (χ2v) is 11.9. The summed E-state index contributed by atoms with van der Waals surface area (Å²) >= 11 is 0. The first-order valence-corrected chi connectivity index (χ1v) is 15.0. The van der Waals surface area contributed by atoms with Gasteiger partial charge in [-0.05, 0) is 30.7 Å². The second-order valence-electron chi connectivity index (χ2n) is 11.9. The zero-order valence-corrected chi connectivity index (χ0v) is 25.8. The monoisotopic (exact) mass is 657 g/mol. The van der Waals surface area contributed by atoms with E-state index in [1.165, 1.54) is 6.08 Å². The third-order valence-electron chi connectivity index (χ3n) is 8.40. The molecule has 1 spiro atoms. The number of allylic oxidation sites excluding steroid dienone is 1. The van der Waals surface area contributed by atoms with Crippen molar-refractivity contribution < 1.29 is 37.0 Å². The van der Waals surface area contributed by atoms with Crippen LogP contribution in [0.1, 0.15) is 18.1 Å². The molecule has 14 nitrogen and oxygen atoms in total. The van der Waals surface area contributed by atoms with Gasteiger partial charge in [0.15, 0.2) is 11.6 Å². The molecule has 3 amide bonds. The molecule has 0 radical (unpaired) electrons. The van der Waals surface area contributed by atoms with Crippen LogP contribution in [-0.2, 0) is 31.8 Å². The summed E-state index contributed by atoms with van der Waals surface area (Å²) in [5, 5.41) is 9.23. The molecule has 0 bridgehead atoms. The first-order chi connectivity index (χ1) is 22.5. The van der Waals surface area contributed by atoms with Gasteiger partial charge in [0, 0.05) is 58.2 Å². The summed E-state index contributed by atoms with van der Waals surface area (Å²) < 4.78 is 54.3. The van der Waals surface area contributed by atoms with Gasteiger partial charge in [-0.1, -0.05) is 6.08 Å². The number of hydrogen-bond acceptors (Lipinski definition) is 10. The van der Waals surface area contributed by atoms with E-state index in [9.17, 15) is 27.6 Å². The summed E-state index contributed by atoms with van der Waals surface area (Å²) in [4.78, 5) is 50.3. The zero-order valence-electron chi connectivity index (χ0n) is 25.8. The second kappa shape index (κ2) is 12.8. The number of ether oxygens (including phenoxy) is 2. The van der Waals surface area contributed by atoms with Gasteiger partial charge in [0.2, 0.25) is 11.8 Å². The first kappa shape index (κ1) is 32.2. The average Bonchev–Trinajstić information content (AvgIpc) is 3.41. The third kappa shape index (κ3) is 6.85. The molecule has 0 saturated carbocycles. The van der Waals surface area contributed by atoms with Crippen molar-refractivity contribution in [3.63, 3.8) is 0 Å². The molecule has 0 unspecified atom stereocenters. The van der Waals surface area contributed by atoms with Gasteiger partial charge in [-0.15, -0.1) is 5.10 Å². The molecule has 0 aromatic carbocycles. The summed E-state index contributed by atoms with van der Waals surface area (Å²) in [6.07, 6.45) is -0.0195. The van der Waals surface area contributed by atoms with Gasteiger partial charge in [-0.25, -0.2) is 19.3 Å². The van der Waals surface area contributed by atoms with Crippen molar-refractivity contribution in [3.8, 4) is 11.4 Å². The van der Waals surface area contributed by atoms with E-state index < -0.39 is 17.8 Å². The van der Waals surface area contributed by atoms with Crippen molar-refractivity contribution in [2.75, 3.05) is 76.4 Å². The first-order valence-electron chi connectivity index (χ1n) is 15.0. The molecule has 2 N–H and O–H groups in total. The Morgan fingerprint density at radius 3 is 2.51 bits per heavy atom. The van der Waals surface area contributed by atoms with E-state index in [1.807, 2.05) is 11.0 Å². The normalized spacial score (nSPS) is 17.9. The fraction of sp³-hybridized carbons (Fsp3) is 0.467. The average molecular weight is 658 g/mol.